The van der Waals surface area contributed by atoms with Gasteiger partial charge in [-0.2, -0.15) is 9.98 Å². The Hall–Kier alpha value is -4.96. The summed E-state index contributed by atoms with van der Waals surface area (Å²) in [4.78, 5) is 27.6. The number of aliphatic imine (C=N–C) groups is 2. The van der Waals surface area contributed by atoms with Gasteiger partial charge in [-0.05, 0) is 97.1 Å². The van der Waals surface area contributed by atoms with Crippen LogP contribution in [-0.4, -0.2) is 12.2 Å². The van der Waals surface area contributed by atoms with E-state index in [0.29, 0.717) is 45.9 Å². The molecular weight excluding hydrogens is 420 g/mol. The molecule has 0 N–H and O–H groups in total. The van der Waals surface area contributed by atoms with Crippen LogP contribution in [0.4, 0.5) is 11.4 Å². The molecule has 4 aromatic carbocycles. The second-order valence-corrected chi connectivity index (χ2v) is 6.64. The van der Waals surface area contributed by atoms with Gasteiger partial charge in [-0.3, -0.25) is 0 Å². The Bertz CT molecular complexity index is 1200. The van der Waals surface area contributed by atoms with Crippen LogP contribution in [0.25, 0.3) is 0 Å². The van der Waals surface area contributed by atoms with Crippen molar-refractivity contribution in [1.29, 1.82) is 0 Å². The fourth-order valence-corrected chi connectivity index (χ4v) is 2.84. The maximum Gasteiger partial charge on any atom is 0.240 e. The number of hydrogen-bond acceptors (Lipinski definition) is 7. The molecule has 0 aromatic heterocycles. The monoisotopic (exact) mass is 436 g/mol. The molecule has 0 radical (unpaired) electrons. The van der Waals surface area contributed by atoms with Crippen LogP contribution in [0.3, 0.4) is 0 Å². The molecule has 0 heterocycles. The van der Waals surface area contributed by atoms with Gasteiger partial charge in [0, 0.05) is 0 Å². The highest BCUT2D eigenvalue weighted by Gasteiger charge is 2.03. The van der Waals surface area contributed by atoms with Crippen LogP contribution in [0.2, 0.25) is 0 Å². The molecule has 0 spiro atoms. The van der Waals surface area contributed by atoms with E-state index in [1.54, 1.807) is 97.1 Å². The third-order valence-electron chi connectivity index (χ3n) is 4.38. The summed E-state index contributed by atoms with van der Waals surface area (Å²) in [6.07, 6.45) is 3.00. The van der Waals surface area contributed by atoms with Gasteiger partial charge in [0.1, 0.15) is 34.5 Å². The Morgan fingerprint density at radius 2 is 0.606 bits per heavy atom. The number of isocyanates is 2. The van der Waals surface area contributed by atoms with Crippen LogP contribution >= 0.6 is 0 Å². The minimum atomic E-state index is 0.514. The molecule has 7 heteroatoms. The first-order valence-electron chi connectivity index (χ1n) is 9.81. The summed E-state index contributed by atoms with van der Waals surface area (Å²) in [5.41, 5.74) is 1.03. The maximum absolute atomic E-state index is 10.3. The standard InChI is InChI=1S/C26H16N2O5/c29-17-27-19-1-5-21(6-2-19)31-23-9-13-25(14-10-23)33-26-15-11-24(12-16-26)32-22-7-3-20(4-8-22)28-18-30/h1-16H. The molecule has 0 aliphatic heterocycles. The highest BCUT2D eigenvalue weighted by molar-refractivity contribution is 5.51. The van der Waals surface area contributed by atoms with Crippen molar-refractivity contribution in [3.05, 3.63) is 97.1 Å². The molecule has 0 saturated heterocycles. The molecule has 7 nitrogen and oxygen atoms in total. The highest BCUT2D eigenvalue weighted by atomic mass is 16.5. The third kappa shape index (κ3) is 6.03. The molecule has 4 rings (SSSR count). The predicted octanol–water partition coefficient (Wildman–Crippen LogP) is 7.00. The highest BCUT2D eigenvalue weighted by Crippen LogP contribution is 2.30. The van der Waals surface area contributed by atoms with Crippen molar-refractivity contribution >= 4 is 23.5 Å². The fraction of sp³-hybridized carbons (Fsp3) is 0. The topological polar surface area (TPSA) is 86.6 Å². The molecule has 0 amide bonds. The molecule has 0 fully saturated rings. The zero-order valence-corrected chi connectivity index (χ0v) is 17.2. The normalized spacial score (nSPS) is 9.82. The Kier molecular flexibility index (Phi) is 6.69. The first kappa shape index (κ1) is 21.3. The summed E-state index contributed by atoms with van der Waals surface area (Å²) in [7, 11) is 0. The summed E-state index contributed by atoms with van der Waals surface area (Å²) in [6, 6.07) is 27.9. The van der Waals surface area contributed by atoms with Crippen molar-refractivity contribution in [1.82, 2.24) is 0 Å². The lowest BCUT2D eigenvalue weighted by molar-refractivity contribution is 0.464. The molecule has 0 bridgehead atoms. The zero-order chi connectivity index (χ0) is 22.9. The van der Waals surface area contributed by atoms with Crippen LogP contribution < -0.4 is 14.2 Å². The van der Waals surface area contributed by atoms with Gasteiger partial charge in [0.25, 0.3) is 0 Å². The number of hydrogen-bond donors (Lipinski definition) is 0. The van der Waals surface area contributed by atoms with E-state index >= 15 is 0 Å². The smallest absolute Gasteiger partial charge is 0.240 e. The van der Waals surface area contributed by atoms with Crippen LogP contribution in [0.15, 0.2) is 107 Å². The van der Waals surface area contributed by atoms with Crippen LogP contribution in [0.5, 0.6) is 34.5 Å². The number of benzene rings is 4. The van der Waals surface area contributed by atoms with E-state index in [4.69, 9.17) is 14.2 Å². The van der Waals surface area contributed by atoms with Crippen LogP contribution in [0.1, 0.15) is 0 Å². The van der Waals surface area contributed by atoms with E-state index in [2.05, 4.69) is 9.98 Å². The van der Waals surface area contributed by atoms with E-state index in [0.717, 1.165) is 0 Å². The molecule has 0 saturated carbocycles. The van der Waals surface area contributed by atoms with E-state index < -0.39 is 0 Å². The van der Waals surface area contributed by atoms with Gasteiger partial charge in [-0.1, -0.05) is 0 Å². The molecule has 0 aliphatic rings. The van der Waals surface area contributed by atoms with E-state index in [9.17, 15) is 9.59 Å². The lowest BCUT2D eigenvalue weighted by atomic mass is 10.3. The van der Waals surface area contributed by atoms with Gasteiger partial charge in [-0.25, -0.2) is 9.59 Å². The summed E-state index contributed by atoms with van der Waals surface area (Å²) >= 11 is 0. The second kappa shape index (κ2) is 10.4. The number of ether oxygens (including phenoxy) is 3. The van der Waals surface area contributed by atoms with E-state index in [1.165, 1.54) is 12.2 Å². The van der Waals surface area contributed by atoms with Crippen molar-refractivity contribution in [2.24, 2.45) is 9.98 Å². The molecule has 0 unspecified atom stereocenters. The number of carbonyl (C=O) groups excluding carboxylic acids is 2. The molecule has 4 aromatic rings. The Morgan fingerprint density at radius 3 is 0.818 bits per heavy atom. The van der Waals surface area contributed by atoms with Gasteiger partial charge in [-0.15, -0.1) is 0 Å². The average molecular weight is 436 g/mol. The predicted molar refractivity (Wildman–Crippen MR) is 122 cm³/mol. The Balaban J connectivity index is 1.34. The van der Waals surface area contributed by atoms with Gasteiger partial charge in [0.2, 0.25) is 12.2 Å². The summed E-state index contributed by atoms with van der Waals surface area (Å²) in [6.45, 7) is 0. The second-order valence-electron chi connectivity index (χ2n) is 6.64. The lowest BCUT2D eigenvalue weighted by Crippen LogP contribution is -1.87. The van der Waals surface area contributed by atoms with Crippen molar-refractivity contribution in [2.45, 2.75) is 0 Å². The van der Waals surface area contributed by atoms with Crippen molar-refractivity contribution in [3.8, 4) is 34.5 Å². The van der Waals surface area contributed by atoms with Gasteiger partial charge in [0.15, 0.2) is 0 Å². The first-order valence-corrected chi connectivity index (χ1v) is 9.81. The van der Waals surface area contributed by atoms with Crippen molar-refractivity contribution < 1.29 is 23.8 Å². The van der Waals surface area contributed by atoms with Gasteiger partial charge in [0.05, 0.1) is 11.4 Å². The van der Waals surface area contributed by atoms with Crippen molar-refractivity contribution in [2.75, 3.05) is 0 Å². The Labute approximate surface area is 189 Å². The molecule has 33 heavy (non-hydrogen) atoms. The van der Waals surface area contributed by atoms with E-state index in [-0.39, 0.29) is 0 Å². The fourth-order valence-electron chi connectivity index (χ4n) is 2.84. The number of rotatable bonds is 8. The molecule has 160 valence electrons. The van der Waals surface area contributed by atoms with E-state index in [1.807, 2.05) is 0 Å². The Morgan fingerprint density at radius 1 is 0.394 bits per heavy atom. The van der Waals surface area contributed by atoms with Gasteiger partial charge < -0.3 is 14.2 Å². The van der Waals surface area contributed by atoms with Gasteiger partial charge >= 0.3 is 0 Å². The average Bonchev–Trinajstić information content (AvgIpc) is 2.84. The molecular formula is C26H16N2O5. The van der Waals surface area contributed by atoms with Crippen LogP contribution in [-0.2, 0) is 9.59 Å². The van der Waals surface area contributed by atoms with Crippen molar-refractivity contribution in [3.63, 3.8) is 0 Å². The lowest BCUT2D eigenvalue weighted by Gasteiger charge is -2.10. The first-order chi connectivity index (χ1) is 16.2. The summed E-state index contributed by atoms with van der Waals surface area (Å²) in [5, 5.41) is 0. The van der Waals surface area contributed by atoms with Crippen LogP contribution in [0, 0.1) is 0 Å². The summed E-state index contributed by atoms with van der Waals surface area (Å²) in [5.74, 6) is 3.83. The minimum Gasteiger partial charge on any atom is -0.457 e. The number of nitrogens with zero attached hydrogens (tertiary/aromatic N) is 2. The zero-order valence-electron chi connectivity index (χ0n) is 17.2. The quantitative estimate of drug-likeness (QED) is 0.219. The summed E-state index contributed by atoms with van der Waals surface area (Å²) < 4.78 is 17.4. The maximum atomic E-state index is 10.3. The largest absolute Gasteiger partial charge is 0.457 e. The molecule has 0 aliphatic carbocycles. The molecule has 0 atom stereocenters. The minimum absolute atomic E-state index is 0.514. The third-order valence-corrected chi connectivity index (χ3v) is 4.38. The SMILES string of the molecule is O=C=Nc1ccc(Oc2ccc(Oc3ccc(Oc4ccc(N=C=O)cc4)cc3)cc2)cc1.